The van der Waals surface area contributed by atoms with Crippen molar-refractivity contribution in [2.75, 3.05) is 0 Å². The molecule has 0 amide bonds. The number of rotatable bonds is 4. The number of hydrogen-bond donors (Lipinski definition) is 0. The van der Waals surface area contributed by atoms with Crippen molar-refractivity contribution in [3.63, 3.8) is 0 Å². The van der Waals surface area contributed by atoms with E-state index in [2.05, 4.69) is 10.2 Å². The summed E-state index contributed by atoms with van der Waals surface area (Å²) in [6, 6.07) is 10.1. The molecule has 0 aliphatic rings. The summed E-state index contributed by atoms with van der Waals surface area (Å²) in [6.07, 6.45) is 0. The fourth-order valence-electron chi connectivity index (χ4n) is 2.85. The molecule has 136 valence electrons. The molecule has 0 saturated heterocycles. The number of nitro groups is 1. The average Bonchev–Trinajstić information content (AvgIpc) is 3.09. The van der Waals surface area contributed by atoms with Crippen molar-refractivity contribution in [2.45, 2.75) is 6.61 Å². The van der Waals surface area contributed by atoms with Gasteiger partial charge in [-0.3, -0.25) is 23.9 Å². The van der Waals surface area contributed by atoms with E-state index in [0.29, 0.717) is 22.5 Å². The van der Waals surface area contributed by atoms with E-state index in [9.17, 15) is 19.3 Å². The van der Waals surface area contributed by atoms with Gasteiger partial charge in [-0.05, 0) is 18.2 Å². The maximum absolute atomic E-state index is 14.0. The Balaban J connectivity index is 1.76. The number of hydrogen-bond acceptors (Lipinski definition) is 6. The summed E-state index contributed by atoms with van der Waals surface area (Å²) in [7, 11) is 1.58. The van der Waals surface area contributed by atoms with E-state index in [4.69, 9.17) is 4.74 Å². The van der Waals surface area contributed by atoms with Gasteiger partial charge in [-0.25, -0.2) is 4.39 Å². The Morgan fingerprint density at radius 1 is 1.22 bits per heavy atom. The predicted molar refractivity (Wildman–Crippen MR) is 93.1 cm³/mol. The third-order valence-corrected chi connectivity index (χ3v) is 4.18. The minimum atomic E-state index is -0.852. The van der Waals surface area contributed by atoms with Crippen LogP contribution in [0.2, 0.25) is 0 Å². The fourth-order valence-corrected chi connectivity index (χ4v) is 2.85. The van der Waals surface area contributed by atoms with E-state index in [1.165, 1.54) is 10.6 Å². The van der Waals surface area contributed by atoms with Crippen LogP contribution < -0.4 is 10.3 Å². The molecule has 0 N–H and O–H groups in total. The molecular weight excluding hydrogens is 357 g/mol. The molecule has 0 atom stereocenters. The monoisotopic (exact) mass is 369 g/mol. The Hall–Kier alpha value is -3.82. The summed E-state index contributed by atoms with van der Waals surface area (Å²) >= 11 is 0. The number of non-ortho nitro benzene ring substituents is 1. The number of ether oxygens (including phenoxy) is 1. The maximum atomic E-state index is 14.0. The molecule has 0 aliphatic carbocycles. The summed E-state index contributed by atoms with van der Waals surface area (Å²) in [4.78, 5) is 22.4. The second-order valence-corrected chi connectivity index (χ2v) is 5.79. The van der Waals surface area contributed by atoms with Gasteiger partial charge >= 0.3 is 0 Å². The zero-order valence-corrected chi connectivity index (χ0v) is 14.0. The van der Waals surface area contributed by atoms with E-state index in [1.807, 2.05) is 0 Å². The standard InChI is InChI=1S/C17H12FN5O4/c1-21-16(24)11-4-2-3-5-13(11)22-15(19-20-17(21)22)9-27-14-7-6-10(23(25)26)8-12(14)18/h2-8H,9H2,1H3. The molecule has 0 radical (unpaired) electrons. The highest BCUT2D eigenvalue weighted by atomic mass is 19.1. The second-order valence-electron chi connectivity index (χ2n) is 5.79. The molecule has 4 aromatic rings. The molecule has 2 aromatic carbocycles. The Morgan fingerprint density at radius 2 is 2.00 bits per heavy atom. The topological polar surface area (TPSA) is 105 Å². The van der Waals surface area contributed by atoms with E-state index >= 15 is 0 Å². The summed E-state index contributed by atoms with van der Waals surface area (Å²) in [5.41, 5.74) is 0.0246. The molecule has 4 rings (SSSR count). The molecule has 0 fully saturated rings. The van der Waals surface area contributed by atoms with Crippen molar-refractivity contribution in [3.05, 3.63) is 74.6 Å². The van der Waals surface area contributed by atoms with Gasteiger partial charge in [-0.15, -0.1) is 10.2 Å². The van der Waals surface area contributed by atoms with E-state index in [-0.39, 0.29) is 23.6 Å². The van der Waals surface area contributed by atoms with Crippen LogP contribution in [0.5, 0.6) is 5.75 Å². The number of para-hydroxylation sites is 1. The third-order valence-electron chi connectivity index (χ3n) is 4.18. The first kappa shape index (κ1) is 16.6. The van der Waals surface area contributed by atoms with Crippen LogP contribution in [0, 0.1) is 15.9 Å². The van der Waals surface area contributed by atoms with Crippen LogP contribution in [0.1, 0.15) is 5.82 Å². The molecular formula is C17H12FN5O4. The van der Waals surface area contributed by atoms with Crippen LogP contribution in [0.15, 0.2) is 47.3 Å². The molecule has 27 heavy (non-hydrogen) atoms. The normalized spacial score (nSPS) is 11.2. The van der Waals surface area contributed by atoms with Gasteiger partial charge in [0, 0.05) is 13.1 Å². The first-order valence-corrected chi connectivity index (χ1v) is 7.86. The van der Waals surface area contributed by atoms with Crippen molar-refractivity contribution < 1.29 is 14.1 Å². The first-order chi connectivity index (χ1) is 13.0. The van der Waals surface area contributed by atoms with Gasteiger partial charge in [0.05, 0.1) is 21.9 Å². The summed E-state index contributed by atoms with van der Waals surface area (Å²) in [6.45, 7) is -0.141. The van der Waals surface area contributed by atoms with Gasteiger partial charge in [-0.2, -0.15) is 0 Å². The number of nitro benzene ring substituents is 1. The molecule has 0 spiro atoms. The SMILES string of the molecule is Cn1c(=O)c2ccccc2n2c(COc3ccc([N+](=O)[O-])cc3F)nnc12. The van der Waals surface area contributed by atoms with Crippen molar-refractivity contribution in [1.29, 1.82) is 0 Å². The highest BCUT2D eigenvalue weighted by Crippen LogP contribution is 2.23. The van der Waals surface area contributed by atoms with Gasteiger partial charge in [0.25, 0.3) is 11.2 Å². The van der Waals surface area contributed by atoms with Crippen LogP contribution in [-0.2, 0) is 13.7 Å². The van der Waals surface area contributed by atoms with Crippen LogP contribution in [0.25, 0.3) is 16.7 Å². The Morgan fingerprint density at radius 3 is 2.74 bits per heavy atom. The van der Waals surface area contributed by atoms with Crippen LogP contribution in [0.4, 0.5) is 10.1 Å². The molecule has 0 aliphatic heterocycles. The third kappa shape index (κ3) is 2.67. The number of benzene rings is 2. The van der Waals surface area contributed by atoms with E-state index in [0.717, 1.165) is 12.1 Å². The number of aromatic nitrogens is 4. The van der Waals surface area contributed by atoms with Gasteiger partial charge in [0.2, 0.25) is 5.78 Å². The highest BCUT2D eigenvalue weighted by Gasteiger charge is 2.16. The number of nitrogens with zero attached hydrogens (tertiary/aromatic N) is 5. The van der Waals surface area contributed by atoms with Crippen molar-refractivity contribution in [1.82, 2.24) is 19.2 Å². The molecule has 9 nitrogen and oxygen atoms in total. The minimum absolute atomic E-state index is 0.141. The van der Waals surface area contributed by atoms with Gasteiger partial charge < -0.3 is 4.74 Å². The quantitative estimate of drug-likeness (QED) is 0.403. The molecule has 10 heteroatoms. The first-order valence-electron chi connectivity index (χ1n) is 7.86. The lowest BCUT2D eigenvalue weighted by Gasteiger charge is -2.09. The Kier molecular flexibility index (Phi) is 3.80. The smallest absolute Gasteiger partial charge is 0.272 e. The lowest BCUT2D eigenvalue weighted by Crippen LogP contribution is -2.20. The van der Waals surface area contributed by atoms with Gasteiger partial charge in [0.15, 0.2) is 17.4 Å². The maximum Gasteiger partial charge on any atom is 0.272 e. The molecule has 0 saturated carbocycles. The molecule has 0 unspecified atom stereocenters. The summed E-state index contributed by atoms with van der Waals surface area (Å²) < 4.78 is 22.5. The minimum Gasteiger partial charge on any atom is -0.483 e. The van der Waals surface area contributed by atoms with Gasteiger partial charge in [0.1, 0.15) is 6.61 Å². The summed E-state index contributed by atoms with van der Waals surface area (Å²) in [5, 5.41) is 19.2. The van der Waals surface area contributed by atoms with Crippen molar-refractivity contribution in [2.24, 2.45) is 7.05 Å². The van der Waals surface area contributed by atoms with Crippen LogP contribution >= 0.6 is 0 Å². The Labute approximate surface area is 150 Å². The van der Waals surface area contributed by atoms with Crippen molar-refractivity contribution >= 4 is 22.4 Å². The Bertz CT molecular complexity index is 1260. The lowest BCUT2D eigenvalue weighted by molar-refractivity contribution is -0.385. The largest absolute Gasteiger partial charge is 0.483 e. The zero-order chi connectivity index (χ0) is 19.1. The van der Waals surface area contributed by atoms with Crippen molar-refractivity contribution in [3.8, 4) is 5.75 Å². The summed E-state index contributed by atoms with van der Waals surface area (Å²) in [5.74, 6) is -0.322. The van der Waals surface area contributed by atoms with Crippen LogP contribution in [-0.4, -0.2) is 24.1 Å². The second kappa shape index (κ2) is 6.16. The van der Waals surface area contributed by atoms with E-state index in [1.54, 1.807) is 35.7 Å². The fraction of sp³-hybridized carbons (Fsp3) is 0.118. The van der Waals surface area contributed by atoms with E-state index < -0.39 is 10.7 Å². The predicted octanol–water partition coefficient (Wildman–Crippen LogP) is 2.21. The lowest BCUT2D eigenvalue weighted by atomic mass is 10.2. The number of halogens is 1. The zero-order valence-electron chi connectivity index (χ0n) is 14.0. The molecule has 2 aromatic heterocycles. The number of fused-ring (bicyclic) bond motifs is 3. The molecule has 2 heterocycles. The number of aryl methyl sites for hydroxylation is 1. The average molecular weight is 369 g/mol. The van der Waals surface area contributed by atoms with Crippen LogP contribution in [0.3, 0.4) is 0 Å². The highest BCUT2D eigenvalue weighted by molar-refractivity contribution is 5.80. The molecule has 0 bridgehead atoms. The van der Waals surface area contributed by atoms with Gasteiger partial charge in [-0.1, -0.05) is 12.1 Å².